The Bertz CT molecular complexity index is 715. The van der Waals surface area contributed by atoms with E-state index in [4.69, 9.17) is 21.1 Å². The van der Waals surface area contributed by atoms with E-state index in [0.29, 0.717) is 10.6 Å². The molecule has 1 saturated heterocycles. The summed E-state index contributed by atoms with van der Waals surface area (Å²) in [5, 5.41) is 11.7. The number of rotatable bonds is 4. The molecule has 1 N–H and O–H groups in total. The van der Waals surface area contributed by atoms with E-state index in [2.05, 4.69) is 0 Å². The van der Waals surface area contributed by atoms with Crippen LogP contribution in [0.25, 0.3) is 0 Å². The van der Waals surface area contributed by atoms with Crippen LogP contribution in [-0.4, -0.2) is 46.9 Å². The summed E-state index contributed by atoms with van der Waals surface area (Å²) in [7, 11) is 0. The number of amides is 1. The van der Waals surface area contributed by atoms with Gasteiger partial charge in [-0.1, -0.05) is 44.5 Å². The number of carbonyl (C=O) groups excluding carboxylic acids is 2. The lowest BCUT2D eigenvalue weighted by Gasteiger charge is -2.34. The average molecular weight is 412 g/mol. The van der Waals surface area contributed by atoms with Crippen LogP contribution in [0.5, 0.6) is 0 Å². The molecule has 0 saturated carbocycles. The van der Waals surface area contributed by atoms with E-state index >= 15 is 0 Å². The van der Waals surface area contributed by atoms with Gasteiger partial charge in [-0.15, -0.1) is 0 Å². The highest BCUT2D eigenvalue weighted by atomic mass is 35.5. The Hall–Kier alpha value is -1.79. The minimum atomic E-state index is -0.993. The number of aliphatic hydroxyl groups is 1. The molecular weight excluding hydrogens is 382 g/mol. The normalized spacial score (nSPS) is 25.1. The van der Waals surface area contributed by atoms with Gasteiger partial charge in [0.25, 0.3) is 0 Å². The molecule has 1 amide bonds. The summed E-state index contributed by atoms with van der Waals surface area (Å²) < 4.78 is 10.7. The summed E-state index contributed by atoms with van der Waals surface area (Å²) in [5.74, 6) is -1.10. The molecule has 0 radical (unpaired) electrons. The maximum absolute atomic E-state index is 13.0. The van der Waals surface area contributed by atoms with E-state index < -0.39 is 41.6 Å². The fourth-order valence-corrected chi connectivity index (χ4v) is 4.10. The Labute approximate surface area is 171 Å². The molecule has 0 aromatic heterocycles. The second kappa shape index (κ2) is 8.70. The first-order valence-corrected chi connectivity index (χ1v) is 9.96. The van der Waals surface area contributed by atoms with Crippen LogP contribution in [0.3, 0.4) is 0 Å². The van der Waals surface area contributed by atoms with Crippen LogP contribution < -0.4 is 0 Å². The molecule has 4 atom stereocenters. The minimum Gasteiger partial charge on any atom is -0.464 e. The van der Waals surface area contributed by atoms with Crippen LogP contribution >= 0.6 is 11.6 Å². The van der Waals surface area contributed by atoms with Crippen LogP contribution in [0, 0.1) is 11.3 Å². The smallest absolute Gasteiger partial charge is 0.411 e. The molecule has 0 bridgehead atoms. The third-order valence-electron chi connectivity index (χ3n) is 4.90. The fraction of sp³-hybridized carbons (Fsp3) is 0.619. The number of esters is 1. The molecule has 7 heteroatoms. The number of carbonyl (C=O) groups is 2. The average Bonchev–Trinajstić information content (AvgIpc) is 2.88. The van der Waals surface area contributed by atoms with Gasteiger partial charge in [0.05, 0.1) is 24.9 Å². The zero-order valence-corrected chi connectivity index (χ0v) is 18.1. The number of halogens is 1. The molecule has 1 aliphatic heterocycles. The lowest BCUT2D eigenvalue weighted by atomic mass is 9.74. The van der Waals surface area contributed by atoms with Crippen molar-refractivity contribution in [3.63, 3.8) is 0 Å². The van der Waals surface area contributed by atoms with Crippen LogP contribution in [0.2, 0.25) is 5.02 Å². The third-order valence-corrected chi connectivity index (χ3v) is 5.13. The van der Waals surface area contributed by atoms with Crippen molar-refractivity contribution in [3.05, 3.63) is 34.9 Å². The first kappa shape index (κ1) is 22.5. The van der Waals surface area contributed by atoms with Crippen molar-refractivity contribution in [1.82, 2.24) is 4.90 Å². The van der Waals surface area contributed by atoms with E-state index in [1.54, 1.807) is 45.0 Å². The monoisotopic (exact) mass is 411 g/mol. The molecule has 1 aromatic rings. The highest BCUT2D eigenvalue weighted by Crippen LogP contribution is 2.48. The SMILES string of the molecule is CCOC(=O)[C@@H]1[C@@H](C(C)(C)C)[C@H](O)[C@H](c2cccc(Cl)c2)N1C(=O)OC(C)C. The molecule has 0 aliphatic carbocycles. The third kappa shape index (κ3) is 4.61. The van der Waals surface area contributed by atoms with E-state index in [1.165, 1.54) is 4.90 Å². The molecule has 28 heavy (non-hydrogen) atoms. The van der Waals surface area contributed by atoms with Crippen LogP contribution in [-0.2, 0) is 14.3 Å². The Balaban J connectivity index is 2.63. The minimum absolute atomic E-state index is 0.178. The molecule has 1 aliphatic rings. The van der Waals surface area contributed by atoms with Crippen molar-refractivity contribution >= 4 is 23.7 Å². The Morgan fingerprint density at radius 1 is 1.29 bits per heavy atom. The van der Waals surface area contributed by atoms with Crippen molar-refractivity contribution in [3.8, 4) is 0 Å². The topological polar surface area (TPSA) is 76.1 Å². The van der Waals surface area contributed by atoms with Gasteiger partial charge < -0.3 is 14.6 Å². The fourth-order valence-electron chi connectivity index (χ4n) is 3.91. The molecule has 2 rings (SSSR count). The molecule has 0 spiro atoms. The van der Waals surface area contributed by atoms with E-state index in [-0.39, 0.29) is 12.7 Å². The molecule has 156 valence electrons. The second-order valence-electron chi connectivity index (χ2n) is 8.42. The van der Waals surface area contributed by atoms with Gasteiger partial charge in [-0.2, -0.15) is 0 Å². The van der Waals surface area contributed by atoms with Crippen LogP contribution in [0.15, 0.2) is 24.3 Å². The van der Waals surface area contributed by atoms with Gasteiger partial charge in [-0.3, -0.25) is 4.90 Å². The molecule has 1 heterocycles. The summed E-state index contributed by atoms with van der Waals surface area (Å²) in [6.45, 7) is 11.1. The number of ether oxygens (including phenoxy) is 2. The van der Waals surface area contributed by atoms with Gasteiger partial charge >= 0.3 is 12.1 Å². The summed E-state index contributed by atoms with van der Waals surface area (Å²) in [6.07, 6.45) is -2.03. The molecular formula is C21H30ClNO5. The van der Waals surface area contributed by atoms with Gasteiger partial charge in [0.15, 0.2) is 0 Å². The Morgan fingerprint density at radius 2 is 1.93 bits per heavy atom. The van der Waals surface area contributed by atoms with Crippen molar-refractivity contribution < 1.29 is 24.2 Å². The van der Waals surface area contributed by atoms with Gasteiger partial charge in [0.1, 0.15) is 6.04 Å². The number of aliphatic hydroxyl groups excluding tert-OH is 1. The highest BCUT2D eigenvalue weighted by Gasteiger charge is 2.58. The van der Waals surface area contributed by atoms with Gasteiger partial charge in [-0.25, -0.2) is 9.59 Å². The highest BCUT2D eigenvalue weighted by molar-refractivity contribution is 6.30. The van der Waals surface area contributed by atoms with Crippen molar-refractivity contribution in [2.75, 3.05) is 6.61 Å². The standard InChI is InChI=1S/C21H30ClNO5/c1-7-27-19(25)17-15(21(4,5)6)18(24)16(13-9-8-10-14(22)11-13)23(17)20(26)28-12(2)3/h8-12,15-18,24H,7H2,1-6H3/t15-,16+,17+,18+/m1/s1. The second-order valence-corrected chi connectivity index (χ2v) is 8.86. The van der Waals surface area contributed by atoms with Crippen LogP contribution in [0.1, 0.15) is 53.1 Å². The largest absolute Gasteiger partial charge is 0.464 e. The lowest BCUT2D eigenvalue weighted by Crippen LogP contribution is -2.48. The first-order valence-electron chi connectivity index (χ1n) is 9.58. The lowest BCUT2D eigenvalue weighted by molar-refractivity contribution is -0.151. The van der Waals surface area contributed by atoms with E-state index in [9.17, 15) is 14.7 Å². The molecule has 1 fully saturated rings. The zero-order chi connectivity index (χ0) is 21.2. The van der Waals surface area contributed by atoms with Gasteiger partial charge in [-0.05, 0) is 43.9 Å². The number of hydrogen-bond acceptors (Lipinski definition) is 5. The summed E-state index contributed by atoms with van der Waals surface area (Å²) >= 11 is 6.15. The maximum Gasteiger partial charge on any atom is 0.411 e. The number of likely N-dealkylation sites (tertiary alicyclic amines) is 1. The van der Waals surface area contributed by atoms with Crippen LogP contribution in [0.4, 0.5) is 4.79 Å². The van der Waals surface area contributed by atoms with E-state index in [0.717, 1.165) is 0 Å². The summed E-state index contributed by atoms with van der Waals surface area (Å²) in [4.78, 5) is 27.2. The molecule has 0 unspecified atom stereocenters. The number of nitrogens with zero attached hydrogens (tertiary/aromatic N) is 1. The van der Waals surface area contributed by atoms with Crippen molar-refractivity contribution in [2.45, 2.75) is 65.8 Å². The Kier molecular flexibility index (Phi) is 6.99. The van der Waals surface area contributed by atoms with Gasteiger partial charge in [0.2, 0.25) is 0 Å². The summed E-state index contributed by atoms with van der Waals surface area (Å²) in [6, 6.07) is 5.20. The predicted molar refractivity (Wildman–Crippen MR) is 107 cm³/mol. The quantitative estimate of drug-likeness (QED) is 0.751. The Morgan fingerprint density at radius 3 is 2.43 bits per heavy atom. The first-order chi connectivity index (χ1) is 13.0. The van der Waals surface area contributed by atoms with E-state index in [1.807, 2.05) is 20.8 Å². The maximum atomic E-state index is 13.0. The van der Waals surface area contributed by atoms with Crippen molar-refractivity contribution in [1.29, 1.82) is 0 Å². The predicted octanol–water partition coefficient (Wildman–Crippen LogP) is 4.20. The molecule has 1 aromatic carbocycles. The molecule has 6 nitrogen and oxygen atoms in total. The zero-order valence-electron chi connectivity index (χ0n) is 17.3. The number of benzene rings is 1. The summed E-state index contributed by atoms with van der Waals surface area (Å²) in [5.41, 5.74) is 0.169. The number of hydrogen-bond donors (Lipinski definition) is 1. The van der Waals surface area contributed by atoms with Gasteiger partial charge in [0, 0.05) is 10.9 Å². The van der Waals surface area contributed by atoms with Crippen molar-refractivity contribution in [2.24, 2.45) is 11.3 Å².